The average Bonchev–Trinajstić information content (AvgIpc) is 3.11. The van der Waals surface area contributed by atoms with Crippen LogP contribution in [0, 0.1) is 13.8 Å². The molecular weight excluding hydrogens is 513 g/mol. The Hall–Kier alpha value is -1.84. The third-order valence-electron chi connectivity index (χ3n) is 6.67. The van der Waals surface area contributed by atoms with Gasteiger partial charge in [0.15, 0.2) is 11.8 Å². The Labute approximate surface area is 209 Å². The molecule has 1 aromatic heterocycles. The van der Waals surface area contributed by atoms with E-state index in [0.717, 1.165) is 37.1 Å². The highest BCUT2D eigenvalue weighted by molar-refractivity contribution is 14.0. The van der Waals surface area contributed by atoms with Gasteiger partial charge in [-0.15, -0.1) is 34.2 Å². The highest BCUT2D eigenvalue weighted by Gasteiger charge is 2.23. The van der Waals surface area contributed by atoms with Crippen LogP contribution >= 0.6 is 24.0 Å². The van der Waals surface area contributed by atoms with Crippen LogP contribution in [0.2, 0.25) is 0 Å². The maximum atomic E-state index is 4.92. The van der Waals surface area contributed by atoms with Crippen LogP contribution in [0.3, 0.4) is 0 Å². The Morgan fingerprint density at radius 2 is 1.66 bits per heavy atom. The van der Waals surface area contributed by atoms with E-state index in [4.69, 9.17) is 4.99 Å². The normalized spacial score (nSPS) is 20.0. The first-order valence-corrected chi connectivity index (χ1v) is 11.8. The Morgan fingerprint density at radius 3 is 2.34 bits per heavy atom. The lowest BCUT2D eigenvalue weighted by molar-refractivity contribution is 0.402. The zero-order valence-corrected chi connectivity index (χ0v) is 22.0. The number of guanidine groups is 1. The summed E-state index contributed by atoms with van der Waals surface area (Å²) in [6, 6.07) is 9.77. The number of anilines is 1. The van der Waals surface area contributed by atoms with Crippen molar-refractivity contribution >= 4 is 35.6 Å². The monoisotopic (exact) mass is 551 g/mol. The minimum atomic E-state index is 0. The lowest BCUT2D eigenvalue weighted by Crippen LogP contribution is -2.53. The van der Waals surface area contributed by atoms with Gasteiger partial charge in [-0.25, -0.2) is 4.99 Å². The maximum Gasteiger partial charge on any atom is 0.192 e. The number of aromatic nitrogens is 3. The molecule has 32 heavy (non-hydrogen) atoms. The number of rotatable bonds is 5. The first kappa shape index (κ1) is 24.8. The summed E-state index contributed by atoms with van der Waals surface area (Å²) >= 11 is 0. The van der Waals surface area contributed by atoms with Crippen molar-refractivity contribution in [3.63, 3.8) is 0 Å². The standard InChI is InChI=1S/C24H37N7.HI/c1-18-11-13-22(14-12-18)31-15-7-10-21(17-31)27-24(26-20-8-5-4-6-9-20)25-16-23-29-28-19(2)30(23)3;/h11-14,20-21H,4-10,15-17H2,1-3H3,(H2,25,26,27);1H. The van der Waals surface area contributed by atoms with Gasteiger partial charge in [0.1, 0.15) is 12.4 Å². The Kier molecular flexibility index (Phi) is 9.19. The molecule has 1 atom stereocenters. The molecular formula is C24H38IN7. The number of nitrogens with zero attached hydrogens (tertiary/aromatic N) is 5. The van der Waals surface area contributed by atoms with Crippen LogP contribution in [0.5, 0.6) is 0 Å². The molecule has 1 saturated heterocycles. The van der Waals surface area contributed by atoms with Gasteiger partial charge in [-0.1, -0.05) is 37.0 Å². The number of benzene rings is 1. The molecule has 2 N–H and O–H groups in total. The third kappa shape index (κ3) is 6.59. The Balaban J connectivity index is 0.00000289. The van der Waals surface area contributed by atoms with E-state index in [-0.39, 0.29) is 24.0 Å². The second kappa shape index (κ2) is 11.9. The summed E-state index contributed by atoms with van der Waals surface area (Å²) < 4.78 is 2.02. The fourth-order valence-electron chi connectivity index (χ4n) is 4.59. The molecule has 2 aromatic rings. The maximum absolute atomic E-state index is 4.92. The number of piperidine rings is 1. The van der Waals surface area contributed by atoms with E-state index in [1.54, 1.807) is 0 Å². The van der Waals surface area contributed by atoms with Gasteiger partial charge in [0.05, 0.1) is 0 Å². The first-order chi connectivity index (χ1) is 15.1. The van der Waals surface area contributed by atoms with Crippen molar-refractivity contribution in [2.45, 2.75) is 77.4 Å². The Bertz CT molecular complexity index is 871. The molecule has 1 saturated carbocycles. The second-order valence-corrected chi connectivity index (χ2v) is 9.13. The molecule has 0 radical (unpaired) electrons. The molecule has 2 heterocycles. The lowest BCUT2D eigenvalue weighted by atomic mass is 9.96. The van der Waals surface area contributed by atoms with Gasteiger partial charge in [0.2, 0.25) is 0 Å². The van der Waals surface area contributed by atoms with Gasteiger partial charge in [-0.05, 0) is 51.7 Å². The number of halogens is 1. The van der Waals surface area contributed by atoms with Crippen molar-refractivity contribution in [1.29, 1.82) is 0 Å². The zero-order valence-electron chi connectivity index (χ0n) is 19.7. The van der Waals surface area contributed by atoms with Gasteiger partial charge in [-0.2, -0.15) is 0 Å². The molecule has 8 heteroatoms. The minimum absolute atomic E-state index is 0. The molecule has 7 nitrogen and oxygen atoms in total. The lowest BCUT2D eigenvalue weighted by Gasteiger charge is -2.36. The number of nitrogens with one attached hydrogen (secondary N) is 2. The van der Waals surface area contributed by atoms with Crippen molar-refractivity contribution in [1.82, 2.24) is 25.4 Å². The molecule has 1 unspecified atom stereocenters. The van der Waals surface area contributed by atoms with Crippen molar-refractivity contribution in [3.8, 4) is 0 Å². The van der Waals surface area contributed by atoms with Crippen LogP contribution in [0.15, 0.2) is 29.3 Å². The van der Waals surface area contributed by atoms with E-state index in [9.17, 15) is 0 Å². The molecule has 4 rings (SSSR count). The average molecular weight is 552 g/mol. The van der Waals surface area contributed by atoms with Crippen molar-refractivity contribution in [2.75, 3.05) is 18.0 Å². The molecule has 0 bridgehead atoms. The smallest absolute Gasteiger partial charge is 0.192 e. The fraction of sp³-hybridized carbons (Fsp3) is 0.625. The molecule has 1 aliphatic heterocycles. The van der Waals surface area contributed by atoms with Crippen molar-refractivity contribution < 1.29 is 0 Å². The van der Waals surface area contributed by atoms with Gasteiger partial charge in [-0.3, -0.25) is 0 Å². The van der Waals surface area contributed by atoms with Crippen LogP contribution < -0.4 is 15.5 Å². The largest absolute Gasteiger partial charge is 0.369 e. The first-order valence-electron chi connectivity index (χ1n) is 11.8. The molecule has 2 fully saturated rings. The third-order valence-corrected chi connectivity index (χ3v) is 6.67. The summed E-state index contributed by atoms with van der Waals surface area (Å²) in [5.74, 6) is 2.73. The van der Waals surface area contributed by atoms with E-state index in [1.807, 2.05) is 18.5 Å². The van der Waals surface area contributed by atoms with E-state index >= 15 is 0 Å². The summed E-state index contributed by atoms with van der Waals surface area (Å²) in [7, 11) is 2.00. The highest BCUT2D eigenvalue weighted by atomic mass is 127. The second-order valence-electron chi connectivity index (χ2n) is 9.13. The van der Waals surface area contributed by atoms with E-state index < -0.39 is 0 Å². The van der Waals surface area contributed by atoms with Crippen molar-refractivity contribution in [2.24, 2.45) is 12.0 Å². The molecule has 2 aliphatic rings. The van der Waals surface area contributed by atoms with Crippen LogP contribution in [-0.4, -0.2) is 45.9 Å². The molecule has 1 aliphatic carbocycles. The fourth-order valence-corrected chi connectivity index (χ4v) is 4.59. The van der Waals surface area contributed by atoms with E-state index in [0.29, 0.717) is 18.6 Å². The van der Waals surface area contributed by atoms with Crippen LogP contribution in [0.4, 0.5) is 5.69 Å². The van der Waals surface area contributed by atoms with Crippen LogP contribution in [0.1, 0.15) is 62.2 Å². The summed E-state index contributed by atoms with van der Waals surface area (Å²) in [6.07, 6.45) is 8.76. The van der Waals surface area contributed by atoms with Gasteiger partial charge in [0.25, 0.3) is 0 Å². The number of hydrogen-bond acceptors (Lipinski definition) is 4. The molecule has 0 amide bonds. The van der Waals surface area contributed by atoms with Gasteiger partial charge < -0.3 is 20.1 Å². The number of aryl methyl sites for hydroxylation is 2. The molecule has 1 aromatic carbocycles. The molecule has 176 valence electrons. The minimum Gasteiger partial charge on any atom is -0.369 e. The van der Waals surface area contributed by atoms with Gasteiger partial charge in [0, 0.05) is 37.9 Å². The quantitative estimate of drug-likeness (QED) is 0.333. The van der Waals surface area contributed by atoms with Crippen molar-refractivity contribution in [3.05, 3.63) is 41.5 Å². The van der Waals surface area contributed by atoms with Crippen LogP contribution in [-0.2, 0) is 13.6 Å². The topological polar surface area (TPSA) is 70.4 Å². The van der Waals surface area contributed by atoms with E-state index in [1.165, 1.54) is 49.8 Å². The predicted molar refractivity (Wildman–Crippen MR) is 142 cm³/mol. The predicted octanol–water partition coefficient (Wildman–Crippen LogP) is 4.09. The SMILES string of the molecule is Cc1ccc(N2CCCC(NC(=NCc3nnc(C)n3C)NC3CCCCC3)C2)cc1.I. The summed E-state index contributed by atoms with van der Waals surface area (Å²) in [5.41, 5.74) is 2.62. The highest BCUT2D eigenvalue weighted by Crippen LogP contribution is 2.21. The Morgan fingerprint density at radius 1 is 0.969 bits per heavy atom. The molecule has 0 spiro atoms. The zero-order chi connectivity index (χ0) is 21.6. The van der Waals surface area contributed by atoms with Gasteiger partial charge >= 0.3 is 0 Å². The summed E-state index contributed by atoms with van der Waals surface area (Å²) in [4.78, 5) is 7.41. The number of aliphatic imine (C=N–C) groups is 1. The van der Waals surface area contributed by atoms with E-state index in [2.05, 4.69) is 56.9 Å². The van der Waals surface area contributed by atoms with Crippen LogP contribution in [0.25, 0.3) is 0 Å². The number of hydrogen-bond donors (Lipinski definition) is 2. The summed E-state index contributed by atoms with van der Waals surface area (Å²) in [5, 5.41) is 15.9. The summed E-state index contributed by atoms with van der Waals surface area (Å²) in [6.45, 7) is 6.76.